The Morgan fingerprint density at radius 2 is 1.65 bits per heavy atom. The SMILES string of the molecule is Cc1ccc(-c2ncccc2-c2ccc3ncncc3c2)cc1. The predicted molar refractivity (Wildman–Crippen MR) is 92.9 cm³/mol. The normalized spacial score (nSPS) is 10.8. The van der Waals surface area contributed by atoms with E-state index in [0.29, 0.717) is 0 Å². The summed E-state index contributed by atoms with van der Waals surface area (Å²) in [5.74, 6) is 0. The highest BCUT2D eigenvalue weighted by Gasteiger charge is 2.09. The minimum atomic E-state index is 0.949. The number of benzene rings is 2. The van der Waals surface area contributed by atoms with E-state index in [1.807, 2.05) is 24.5 Å². The van der Waals surface area contributed by atoms with Gasteiger partial charge in [0.2, 0.25) is 0 Å². The van der Waals surface area contributed by atoms with Gasteiger partial charge in [0, 0.05) is 28.9 Å². The lowest BCUT2D eigenvalue weighted by Crippen LogP contribution is -1.90. The second-order valence-corrected chi connectivity index (χ2v) is 5.56. The Hall–Kier alpha value is -3.07. The van der Waals surface area contributed by atoms with Crippen molar-refractivity contribution in [1.82, 2.24) is 15.0 Å². The van der Waals surface area contributed by atoms with Crippen LogP contribution < -0.4 is 0 Å². The Bertz CT molecular complexity index is 975. The molecule has 23 heavy (non-hydrogen) atoms. The summed E-state index contributed by atoms with van der Waals surface area (Å²) in [6, 6.07) is 18.8. The molecule has 3 nitrogen and oxygen atoms in total. The van der Waals surface area contributed by atoms with E-state index in [2.05, 4.69) is 64.3 Å². The summed E-state index contributed by atoms with van der Waals surface area (Å²) >= 11 is 0. The molecule has 0 aliphatic heterocycles. The molecule has 0 saturated carbocycles. The van der Waals surface area contributed by atoms with Crippen molar-refractivity contribution in [2.75, 3.05) is 0 Å². The minimum Gasteiger partial charge on any atom is -0.256 e. The molecule has 110 valence electrons. The molecule has 0 aliphatic rings. The van der Waals surface area contributed by atoms with Crippen molar-refractivity contribution in [2.45, 2.75) is 6.92 Å². The zero-order chi connectivity index (χ0) is 15.6. The third-order valence-electron chi connectivity index (χ3n) is 3.95. The third kappa shape index (κ3) is 2.57. The summed E-state index contributed by atoms with van der Waals surface area (Å²) in [5, 5.41) is 1.03. The van der Waals surface area contributed by atoms with Crippen molar-refractivity contribution < 1.29 is 0 Å². The molecule has 0 bridgehead atoms. The van der Waals surface area contributed by atoms with E-state index in [-0.39, 0.29) is 0 Å². The summed E-state index contributed by atoms with van der Waals surface area (Å²) in [7, 11) is 0. The lowest BCUT2D eigenvalue weighted by molar-refractivity contribution is 1.22. The highest BCUT2D eigenvalue weighted by atomic mass is 14.8. The fraction of sp³-hybridized carbons (Fsp3) is 0.0500. The van der Waals surface area contributed by atoms with Crippen molar-refractivity contribution in [3.05, 3.63) is 78.9 Å². The second kappa shape index (κ2) is 5.61. The number of hydrogen-bond donors (Lipinski definition) is 0. The minimum absolute atomic E-state index is 0.949. The number of pyridine rings is 1. The van der Waals surface area contributed by atoms with Crippen LogP contribution in [0.1, 0.15) is 5.56 Å². The van der Waals surface area contributed by atoms with E-state index in [9.17, 15) is 0 Å². The highest BCUT2D eigenvalue weighted by Crippen LogP contribution is 2.31. The lowest BCUT2D eigenvalue weighted by atomic mass is 9.98. The summed E-state index contributed by atoms with van der Waals surface area (Å²) in [6.07, 6.45) is 5.25. The van der Waals surface area contributed by atoms with Gasteiger partial charge >= 0.3 is 0 Å². The first-order valence-electron chi connectivity index (χ1n) is 7.53. The molecule has 0 unspecified atom stereocenters. The zero-order valence-electron chi connectivity index (χ0n) is 12.8. The summed E-state index contributed by atoms with van der Waals surface area (Å²) in [6.45, 7) is 2.09. The molecule has 0 aliphatic carbocycles. The van der Waals surface area contributed by atoms with Crippen LogP contribution in [0.25, 0.3) is 33.3 Å². The van der Waals surface area contributed by atoms with Crippen LogP contribution in [-0.4, -0.2) is 15.0 Å². The monoisotopic (exact) mass is 297 g/mol. The van der Waals surface area contributed by atoms with Crippen molar-refractivity contribution in [3.63, 3.8) is 0 Å². The smallest absolute Gasteiger partial charge is 0.116 e. The third-order valence-corrected chi connectivity index (χ3v) is 3.95. The number of rotatable bonds is 2. The number of nitrogens with zero attached hydrogens (tertiary/aromatic N) is 3. The maximum Gasteiger partial charge on any atom is 0.116 e. The van der Waals surface area contributed by atoms with Gasteiger partial charge in [0.25, 0.3) is 0 Å². The number of aromatic nitrogens is 3. The standard InChI is InChI=1S/C20H15N3/c1-14-4-6-15(7-5-14)20-18(3-2-10-22-20)16-8-9-19-17(11-16)12-21-13-23-19/h2-13H,1H3. The van der Waals surface area contributed by atoms with E-state index in [1.54, 1.807) is 6.33 Å². The van der Waals surface area contributed by atoms with E-state index < -0.39 is 0 Å². The van der Waals surface area contributed by atoms with Gasteiger partial charge in [0.05, 0.1) is 11.2 Å². The average Bonchev–Trinajstić information content (AvgIpc) is 2.62. The van der Waals surface area contributed by atoms with Crippen molar-refractivity contribution in [3.8, 4) is 22.4 Å². The molecular weight excluding hydrogens is 282 g/mol. The molecule has 0 N–H and O–H groups in total. The van der Waals surface area contributed by atoms with Crippen LogP contribution in [0.2, 0.25) is 0 Å². The maximum atomic E-state index is 4.60. The number of fused-ring (bicyclic) bond motifs is 1. The van der Waals surface area contributed by atoms with Gasteiger partial charge in [0.1, 0.15) is 6.33 Å². The highest BCUT2D eigenvalue weighted by molar-refractivity contribution is 5.88. The van der Waals surface area contributed by atoms with Gasteiger partial charge in [-0.25, -0.2) is 9.97 Å². The Balaban J connectivity index is 1.89. The van der Waals surface area contributed by atoms with Gasteiger partial charge in [-0.15, -0.1) is 0 Å². The molecule has 2 heterocycles. The first kappa shape index (κ1) is 13.6. The molecule has 4 aromatic rings. The lowest BCUT2D eigenvalue weighted by Gasteiger charge is -2.10. The second-order valence-electron chi connectivity index (χ2n) is 5.56. The molecule has 2 aromatic heterocycles. The molecule has 0 amide bonds. The molecule has 0 saturated heterocycles. The van der Waals surface area contributed by atoms with Gasteiger partial charge in [-0.2, -0.15) is 0 Å². The molecule has 2 aromatic carbocycles. The molecule has 4 rings (SSSR count). The average molecular weight is 297 g/mol. The first-order valence-corrected chi connectivity index (χ1v) is 7.53. The van der Waals surface area contributed by atoms with Crippen molar-refractivity contribution in [1.29, 1.82) is 0 Å². The Labute approximate surface area is 134 Å². The summed E-state index contributed by atoms with van der Waals surface area (Å²) in [4.78, 5) is 13.0. The first-order chi connectivity index (χ1) is 11.3. The quantitative estimate of drug-likeness (QED) is 0.540. The van der Waals surface area contributed by atoms with Crippen molar-refractivity contribution in [2.24, 2.45) is 0 Å². The Morgan fingerprint density at radius 3 is 2.52 bits per heavy atom. The van der Waals surface area contributed by atoms with Crippen molar-refractivity contribution >= 4 is 10.9 Å². The van der Waals surface area contributed by atoms with E-state index in [4.69, 9.17) is 0 Å². The van der Waals surface area contributed by atoms with Gasteiger partial charge in [-0.1, -0.05) is 42.0 Å². The van der Waals surface area contributed by atoms with Crippen LogP contribution in [-0.2, 0) is 0 Å². The van der Waals surface area contributed by atoms with Gasteiger partial charge < -0.3 is 0 Å². The fourth-order valence-corrected chi connectivity index (χ4v) is 2.73. The van der Waals surface area contributed by atoms with E-state index in [1.165, 1.54) is 5.56 Å². The van der Waals surface area contributed by atoms with Crippen LogP contribution in [0.3, 0.4) is 0 Å². The molecule has 0 radical (unpaired) electrons. The number of aryl methyl sites for hydroxylation is 1. The molecule has 3 heteroatoms. The Kier molecular flexibility index (Phi) is 3.31. The van der Waals surface area contributed by atoms with Crippen LogP contribution in [0.15, 0.2) is 73.3 Å². The predicted octanol–water partition coefficient (Wildman–Crippen LogP) is 4.67. The van der Waals surface area contributed by atoms with Gasteiger partial charge in [-0.3, -0.25) is 4.98 Å². The van der Waals surface area contributed by atoms with Crippen LogP contribution in [0, 0.1) is 6.92 Å². The molecular formula is C20H15N3. The summed E-state index contributed by atoms with van der Waals surface area (Å²) < 4.78 is 0. The maximum absolute atomic E-state index is 4.60. The molecule has 0 atom stereocenters. The van der Waals surface area contributed by atoms with E-state index >= 15 is 0 Å². The van der Waals surface area contributed by atoms with Crippen LogP contribution >= 0.6 is 0 Å². The van der Waals surface area contributed by atoms with Crippen LogP contribution in [0.5, 0.6) is 0 Å². The van der Waals surface area contributed by atoms with Gasteiger partial charge in [0.15, 0.2) is 0 Å². The zero-order valence-corrected chi connectivity index (χ0v) is 12.8. The Morgan fingerprint density at radius 1 is 0.826 bits per heavy atom. The summed E-state index contributed by atoms with van der Waals surface area (Å²) in [5.41, 5.74) is 6.54. The van der Waals surface area contributed by atoms with E-state index in [0.717, 1.165) is 33.3 Å². The number of hydrogen-bond acceptors (Lipinski definition) is 3. The largest absolute Gasteiger partial charge is 0.256 e. The van der Waals surface area contributed by atoms with Crippen LogP contribution in [0.4, 0.5) is 0 Å². The molecule has 0 fully saturated rings. The van der Waals surface area contributed by atoms with Gasteiger partial charge in [-0.05, 0) is 30.7 Å². The topological polar surface area (TPSA) is 38.7 Å². The fourth-order valence-electron chi connectivity index (χ4n) is 2.73. The molecule has 0 spiro atoms.